The molecule has 1 atom stereocenters. The van der Waals surface area contributed by atoms with Crippen LogP contribution in [-0.2, 0) is 32.6 Å². The predicted molar refractivity (Wildman–Crippen MR) is 162 cm³/mol. The van der Waals surface area contributed by atoms with Crippen LogP contribution < -0.4 is 9.62 Å². The van der Waals surface area contributed by atoms with Crippen LogP contribution >= 0.6 is 11.6 Å². The lowest BCUT2D eigenvalue weighted by Crippen LogP contribution is -2.53. The maximum atomic E-state index is 14.2. The zero-order valence-electron chi connectivity index (χ0n) is 23.5. The van der Waals surface area contributed by atoms with Gasteiger partial charge in [0, 0.05) is 24.5 Å². The van der Waals surface area contributed by atoms with Gasteiger partial charge < -0.3 is 10.2 Å². The Bertz CT molecular complexity index is 1400. The maximum absolute atomic E-state index is 14.2. The molecule has 7 nitrogen and oxygen atoms in total. The van der Waals surface area contributed by atoms with Crippen LogP contribution in [0.2, 0.25) is 5.02 Å². The molecule has 214 valence electrons. The molecule has 0 aromatic heterocycles. The van der Waals surface area contributed by atoms with Gasteiger partial charge in [0.25, 0.3) is 0 Å². The first-order valence-electron chi connectivity index (χ1n) is 13.4. The highest BCUT2D eigenvalue weighted by Crippen LogP contribution is 2.29. The van der Waals surface area contributed by atoms with Crippen molar-refractivity contribution in [2.24, 2.45) is 0 Å². The molecule has 0 saturated carbocycles. The minimum absolute atomic E-state index is 0.0282. The molecule has 0 unspecified atom stereocenters. The van der Waals surface area contributed by atoms with Crippen molar-refractivity contribution in [3.05, 3.63) is 101 Å². The number of carbonyl (C=O) groups is 2. The highest BCUT2D eigenvalue weighted by molar-refractivity contribution is 7.92. The van der Waals surface area contributed by atoms with Gasteiger partial charge in [0.2, 0.25) is 21.8 Å². The summed E-state index contributed by atoms with van der Waals surface area (Å²) in [4.78, 5) is 29.2. The molecular weight excluding hydrogens is 546 g/mol. The molecule has 0 bridgehead atoms. The van der Waals surface area contributed by atoms with E-state index in [1.807, 2.05) is 69.3 Å². The van der Waals surface area contributed by atoms with Crippen molar-refractivity contribution in [3.63, 3.8) is 0 Å². The topological polar surface area (TPSA) is 86.8 Å². The third-order valence-electron chi connectivity index (χ3n) is 6.63. The molecule has 3 rings (SSSR count). The van der Waals surface area contributed by atoms with Crippen LogP contribution in [0.3, 0.4) is 0 Å². The second kappa shape index (κ2) is 14.3. The number of halogens is 1. The zero-order chi connectivity index (χ0) is 29.3. The molecule has 0 saturated heterocycles. The van der Waals surface area contributed by atoms with E-state index in [2.05, 4.69) is 5.32 Å². The van der Waals surface area contributed by atoms with Crippen molar-refractivity contribution in [2.75, 3.05) is 23.7 Å². The van der Waals surface area contributed by atoms with E-state index < -0.39 is 28.5 Å². The normalized spacial score (nSPS) is 12.2. The highest BCUT2D eigenvalue weighted by atomic mass is 35.5. The number of carbonyl (C=O) groups excluding carboxylic acids is 2. The van der Waals surface area contributed by atoms with Crippen LogP contribution in [0.4, 0.5) is 5.69 Å². The van der Waals surface area contributed by atoms with Crippen LogP contribution in [0, 0.1) is 0 Å². The first kappa shape index (κ1) is 31.2. The van der Waals surface area contributed by atoms with Gasteiger partial charge in [-0.3, -0.25) is 13.9 Å². The molecule has 0 fully saturated rings. The fourth-order valence-corrected chi connectivity index (χ4v) is 5.59. The Labute approximate surface area is 243 Å². The summed E-state index contributed by atoms with van der Waals surface area (Å²) >= 11 is 6.49. The average Bonchev–Trinajstić information content (AvgIpc) is 2.93. The fraction of sp³-hybridized carbons (Fsp3) is 0.355. The van der Waals surface area contributed by atoms with E-state index in [1.54, 1.807) is 30.3 Å². The molecule has 9 heteroatoms. The van der Waals surface area contributed by atoms with Crippen LogP contribution in [-0.4, -0.2) is 50.5 Å². The number of hydrogen-bond acceptors (Lipinski definition) is 4. The van der Waals surface area contributed by atoms with Gasteiger partial charge in [0.05, 0.1) is 11.9 Å². The average molecular weight is 584 g/mol. The molecule has 1 N–H and O–H groups in total. The van der Waals surface area contributed by atoms with Gasteiger partial charge in [-0.15, -0.1) is 0 Å². The van der Waals surface area contributed by atoms with Crippen molar-refractivity contribution in [3.8, 4) is 0 Å². The van der Waals surface area contributed by atoms with Gasteiger partial charge in [0.15, 0.2) is 0 Å². The van der Waals surface area contributed by atoms with Crippen LogP contribution in [0.1, 0.15) is 49.8 Å². The number of benzene rings is 3. The second-order valence-electron chi connectivity index (χ2n) is 10.1. The Balaban J connectivity index is 2.09. The molecule has 0 aliphatic carbocycles. The number of nitrogens with zero attached hydrogens (tertiary/aromatic N) is 2. The van der Waals surface area contributed by atoms with Crippen molar-refractivity contribution in [1.29, 1.82) is 0 Å². The van der Waals surface area contributed by atoms with E-state index in [0.29, 0.717) is 22.8 Å². The lowest BCUT2D eigenvalue weighted by Gasteiger charge is -2.34. The van der Waals surface area contributed by atoms with E-state index in [4.69, 9.17) is 11.6 Å². The summed E-state index contributed by atoms with van der Waals surface area (Å²) < 4.78 is 27.3. The van der Waals surface area contributed by atoms with Gasteiger partial charge in [-0.1, -0.05) is 99.1 Å². The maximum Gasteiger partial charge on any atom is 0.244 e. The third-order valence-corrected chi connectivity index (χ3v) is 8.12. The first-order chi connectivity index (χ1) is 19.0. The SMILES string of the molecule is CCCNC(=O)[C@@H](Cc1ccccc1)N(Cc1ccccc1Cl)C(=O)CN(c1ccccc1C(C)C)S(C)(=O)=O. The lowest BCUT2D eigenvalue weighted by molar-refractivity contribution is -0.140. The quantitative estimate of drug-likeness (QED) is 0.292. The second-order valence-corrected chi connectivity index (χ2v) is 12.4. The highest BCUT2D eigenvalue weighted by Gasteiger charge is 2.33. The summed E-state index contributed by atoms with van der Waals surface area (Å²) in [6.07, 6.45) is 2.08. The molecule has 0 spiro atoms. The number of nitrogens with one attached hydrogen (secondary N) is 1. The van der Waals surface area contributed by atoms with Crippen LogP contribution in [0.25, 0.3) is 0 Å². The van der Waals surface area contributed by atoms with Crippen molar-refractivity contribution in [1.82, 2.24) is 10.2 Å². The van der Waals surface area contributed by atoms with Crippen LogP contribution in [0.15, 0.2) is 78.9 Å². The number of sulfonamides is 1. The summed E-state index contributed by atoms with van der Waals surface area (Å²) in [6, 6.07) is 22.9. The third kappa shape index (κ3) is 8.32. The lowest BCUT2D eigenvalue weighted by atomic mass is 10.0. The van der Waals surface area contributed by atoms with E-state index in [1.165, 1.54) is 4.90 Å². The summed E-state index contributed by atoms with van der Waals surface area (Å²) in [7, 11) is -3.84. The largest absolute Gasteiger partial charge is 0.354 e. The standard InChI is InChI=1S/C31H38ClN3O4S/c1-5-19-33-31(37)29(20-24-13-7-6-8-14-24)34(21-25-15-9-11-17-27(25)32)30(36)22-35(40(4,38)39)28-18-12-10-16-26(28)23(2)3/h6-18,23,29H,5,19-22H2,1-4H3,(H,33,37)/t29-/m1/s1. The number of anilines is 1. The molecule has 0 aliphatic rings. The smallest absolute Gasteiger partial charge is 0.244 e. The van der Waals surface area contributed by atoms with Crippen LogP contribution in [0.5, 0.6) is 0 Å². The fourth-order valence-electron chi connectivity index (χ4n) is 4.53. The van der Waals surface area contributed by atoms with Crippen molar-refractivity contribution in [2.45, 2.75) is 52.1 Å². The number of amides is 2. The van der Waals surface area contributed by atoms with E-state index in [0.717, 1.165) is 28.1 Å². The Morgan fingerprint density at radius 1 is 0.925 bits per heavy atom. The van der Waals surface area contributed by atoms with Gasteiger partial charge in [-0.2, -0.15) is 0 Å². The molecule has 2 amide bonds. The Morgan fingerprint density at radius 2 is 1.55 bits per heavy atom. The zero-order valence-corrected chi connectivity index (χ0v) is 25.1. The molecule has 0 radical (unpaired) electrons. The summed E-state index contributed by atoms with van der Waals surface area (Å²) in [5.41, 5.74) is 2.79. The molecule has 3 aromatic carbocycles. The van der Waals surface area contributed by atoms with Gasteiger partial charge in [-0.25, -0.2) is 8.42 Å². The van der Waals surface area contributed by atoms with Crippen molar-refractivity contribution < 1.29 is 18.0 Å². The van der Waals surface area contributed by atoms with Gasteiger partial charge in [0.1, 0.15) is 12.6 Å². The summed E-state index contributed by atoms with van der Waals surface area (Å²) in [6.45, 7) is 5.93. The Kier molecular flexibility index (Phi) is 11.2. The first-order valence-corrected chi connectivity index (χ1v) is 15.7. The Hall–Kier alpha value is -3.36. The van der Waals surface area contributed by atoms with Crippen molar-refractivity contribution >= 4 is 39.1 Å². The molecule has 40 heavy (non-hydrogen) atoms. The van der Waals surface area contributed by atoms with E-state index in [-0.39, 0.29) is 24.8 Å². The van der Waals surface area contributed by atoms with Gasteiger partial charge >= 0.3 is 0 Å². The van der Waals surface area contributed by atoms with E-state index in [9.17, 15) is 18.0 Å². The minimum Gasteiger partial charge on any atom is -0.354 e. The Morgan fingerprint density at radius 3 is 2.17 bits per heavy atom. The molecule has 3 aromatic rings. The number of hydrogen-bond donors (Lipinski definition) is 1. The van der Waals surface area contributed by atoms with Gasteiger partial charge in [-0.05, 0) is 41.2 Å². The minimum atomic E-state index is -3.84. The summed E-state index contributed by atoms with van der Waals surface area (Å²) in [5.74, 6) is -0.781. The molecule has 0 heterocycles. The molecule has 0 aliphatic heterocycles. The monoisotopic (exact) mass is 583 g/mol. The number of rotatable bonds is 13. The predicted octanol–water partition coefficient (Wildman–Crippen LogP) is 5.40. The molecular formula is C31H38ClN3O4S. The van der Waals surface area contributed by atoms with E-state index >= 15 is 0 Å². The number of para-hydroxylation sites is 1. The summed E-state index contributed by atoms with van der Waals surface area (Å²) in [5, 5.41) is 3.39.